The van der Waals surface area contributed by atoms with Crippen LogP contribution in [0.3, 0.4) is 0 Å². The van der Waals surface area contributed by atoms with E-state index in [0.717, 1.165) is 44.4 Å². The summed E-state index contributed by atoms with van der Waals surface area (Å²) >= 11 is 0. The third kappa shape index (κ3) is 21.3. The third-order valence-electron chi connectivity index (χ3n) is 8.25. The first-order chi connectivity index (χ1) is 21.8. The van der Waals surface area contributed by atoms with Crippen LogP contribution in [0.25, 0.3) is 0 Å². The van der Waals surface area contributed by atoms with Gasteiger partial charge in [0.1, 0.15) is 6.61 Å². The molecule has 0 amide bonds. The van der Waals surface area contributed by atoms with Crippen molar-refractivity contribution in [2.45, 2.75) is 148 Å². The van der Waals surface area contributed by atoms with Gasteiger partial charge in [0.25, 0.3) is 0 Å². The van der Waals surface area contributed by atoms with Crippen LogP contribution in [0, 0.1) is 17.8 Å². The van der Waals surface area contributed by atoms with E-state index in [1.807, 2.05) is 0 Å². The second kappa shape index (κ2) is 24.5. The summed E-state index contributed by atoms with van der Waals surface area (Å²) < 4.78 is 26.1. The maximum absolute atomic E-state index is 12.3. The number of carbonyl (C=O) groups excluding carboxylic acids is 2. The number of phosphoric acid groups is 1. The third-order valence-corrected chi connectivity index (χ3v) is 8.74. The molecule has 0 aromatic rings. The van der Waals surface area contributed by atoms with Gasteiger partial charge in [0.2, 0.25) is 0 Å². The van der Waals surface area contributed by atoms with Gasteiger partial charge in [-0.15, -0.1) is 0 Å². The van der Waals surface area contributed by atoms with E-state index < -0.39 is 57.4 Å². The zero-order valence-electron chi connectivity index (χ0n) is 28.2. The number of hydrogen-bond donors (Lipinski definition) is 5. The van der Waals surface area contributed by atoms with Gasteiger partial charge in [-0.25, -0.2) is 4.57 Å². The summed E-state index contributed by atoms with van der Waals surface area (Å²) in [7, 11) is -4.82. The standard InChI is InChI=1S/C34H61O11P/c1-4-5-11-17-27(35)21-22-30-29(31(36)23-32(30)37)18-14-15-19-33(38)43-24-28(25-44-46(40,41)42)45-34(39)20-13-10-8-6-7-9-12-16-26(2)3/h14-15,21-22,26-32,35-37H,4-13,16-20,23-25H2,1-3H3,(H2,40,41,42)/b15-14-,22-21+/t27-,28-,29+,30-,31+,32-/m1/s1. The topological polar surface area (TPSA) is 180 Å². The number of rotatable bonds is 26. The molecule has 5 N–H and O–H groups in total. The van der Waals surface area contributed by atoms with Crippen molar-refractivity contribution in [2.75, 3.05) is 13.2 Å². The van der Waals surface area contributed by atoms with Crippen LogP contribution in [0.1, 0.15) is 124 Å². The lowest BCUT2D eigenvalue weighted by Gasteiger charge is -2.19. The molecule has 0 aromatic heterocycles. The Kier molecular flexibility index (Phi) is 22.6. The number of ether oxygens (including phenoxy) is 2. The van der Waals surface area contributed by atoms with Gasteiger partial charge >= 0.3 is 19.8 Å². The van der Waals surface area contributed by atoms with Crippen LogP contribution >= 0.6 is 7.82 Å². The maximum atomic E-state index is 12.3. The summed E-state index contributed by atoms with van der Waals surface area (Å²) in [5.41, 5.74) is 0. The van der Waals surface area contributed by atoms with Crippen molar-refractivity contribution in [3.8, 4) is 0 Å². The number of unbranched alkanes of at least 4 members (excludes halogenated alkanes) is 8. The maximum Gasteiger partial charge on any atom is 0.469 e. The number of esters is 2. The fourth-order valence-corrected chi connectivity index (χ4v) is 5.95. The molecular weight excluding hydrogens is 615 g/mol. The number of aliphatic hydroxyl groups excluding tert-OH is 3. The SMILES string of the molecule is CCCCC[C@@H](O)/C=C/[C@@H]1[C@H](C/C=C\CC(=O)OC[C@H](COP(=O)(O)O)OC(=O)CCCCCCCCCC(C)C)[C@@H](O)C[C@H]1O. The first-order valence-corrected chi connectivity index (χ1v) is 18.8. The van der Waals surface area contributed by atoms with Gasteiger partial charge in [0.15, 0.2) is 6.10 Å². The Morgan fingerprint density at radius 1 is 0.870 bits per heavy atom. The first kappa shape index (κ1) is 42.4. The molecule has 1 saturated carbocycles. The molecule has 12 heteroatoms. The molecular formula is C34H61O11P. The first-order valence-electron chi connectivity index (χ1n) is 17.2. The molecule has 0 saturated heterocycles. The molecule has 6 atom stereocenters. The minimum absolute atomic E-state index is 0.112. The van der Waals surface area contributed by atoms with Crippen molar-refractivity contribution >= 4 is 19.8 Å². The van der Waals surface area contributed by atoms with E-state index in [1.165, 1.54) is 25.7 Å². The minimum Gasteiger partial charge on any atom is -0.461 e. The molecule has 1 aliphatic carbocycles. The van der Waals surface area contributed by atoms with Crippen LogP contribution in [0.4, 0.5) is 0 Å². The molecule has 0 spiro atoms. The molecule has 1 rings (SSSR count). The number of carbonyl (C=O) groups is 2. The summed E-state index contributed by atoms with van der Waals surface area (Å²) in [6.07, 6.45) is 16.4. The number of aliphatic hydroxyl groups is 3. The molecule has 11 nitrogen and oxygen atoms in total. The molecule has 46 heavy (non-hydrogen) atoms. The number of hydrogen-bond acceptors (Lipinski definition) is 9. The fourth-order valence-electron chi connectivity index (χ4n) is 5.59. The van der Waals surface area contributed by atoms with Gasteiger partial charge in [-0.2, -0.15) is 0 Å². The number of allylic oxidation sites excluding steroid dienone is 1. The van der Waals surface area contributed by atoms with Crippen molar-refractivity contribution in [2.24, 2.45) is 17.8 Å². The largest absolute Gasteiger partial charge is 0.469 e. The van der Waals surface area contributed by atoms with E-state index in [1.54, 1.807) is 24.3 Å². The lowest BCUT2D eigenvalue weighted by molar-refractivity contribution is -0.160. The summed E-state index contributed by atoms with van der Waals surface area (Å²) in [4.78, 5) is 42.8. The van der Waals surface area contributed by atoms with Crippen molar-refractivity contribution < 1.29 is 53.3 Å². The summed E-state index contributed by atoms with van der Waals surface area (Å²) in [6.45, 7) is 5.49. The smallest absolute Gasteiger partial charge is 0.461 e. The quantitative estimate of drug-likeness (QED) is 0.0318. The Hall–Kier alpha value is -1.59. The molecule has 0 bridgehead atoms. The lowest BCUT2D eigenvalue weighted by atomic mass is 9.89. The van der Waals surface area contributed by atoms with Crippen LogP contribution < -0.4 is 0 Å². The second-order valence-electron chi connectivity index (χ2n) is 13.0. The predicted octanol–water partition coefficient (Wildman–Crippen LogP) is 5.91. The van der Waals surface area contributed by atoms with Crippen molar-refractivity contribution in [3.05, 3.63) is 24.3 Å². The highest BCUT2D eigenvalue weighted by atomic mass is 31.2. The van der Waals surface area contributed by atoms with Crippen LogP contribution in [0.2, 0.25) is 0 Å². The Morgan fingerprint density at radius 3 is 2.17 bits per heavy atom. The second-order valence-corrected chi connectivity index (χ2v) is 14.2. The Labute approximate surface area is 276 Å². The van der Waals surface area contributed by atoms with Crippen LogP contribution in [-0.4, -0.2) is 74.7 Å². The average molecular weight is 677 g/mol. The highest BCUT2D eigenvalue weighted by Gasteiger charge is 2.39. The molecule has 268 valence electrons. The van der Waals surface area contributed by atoms with Gasteiger partial charge in [0, 0.05) is 18.8 Å². The fraction of sp³-hybridized carbons (Fsp3) is 0.824. The van der Waals surface area contributed by atoms with E-state index in [9.17, 15) is 29.5 Å². The van der Waals surface area contributed by atoms with Crippen LogP contribution in [0.15, 0.2) is 24.3 Å². The zero-order chi connectivity index (χ0) is 34.4. The van der Waals surface area contributed by atoms with Gasteiger partial charge in [0.05, 0.1) is 31.3 Å². The monoisotopic (exact) mass is 676 g/mol. The predicted molar refractivity (Wildman–Crippen MR) is 176 cm³/mol. The van der Waals surface area contributed by atoms with Gasteiger partial charge in [-0.1, -0.05) is 109 Å². The van der Waals surface area contributed by atoms with Crippen LogP contribution in [0.5, 0.6) is 0 Å². The van der Waals surface area contributed by atoms with Crippen LogP contribution in [-0.2, 0) is 28.2 Å². The highest BCUT2D eigenvalue weighted by molar-refractivity contribution is 7.46. The number of phosphoric ester groups is 1. The summed E-state index contributed by atoms with van der Waals surface area (Å²) in [5.74, 6) is -1.06. The van der Waals surface area contributed by atoms with E-state index in [0.29, 0.717) is 19.3 Å². The van der Waals surface area contributed by atoms with Gasteiger partial charge in [-0.3, -0.25) is 14.1 Å². The van der Waals surface area contributed by atoms with Crippen molar-refractivity contribution in [3.63, 3.8) is 0 Å². The normalized spacial score (nSPS) is 21.8. The summed E-state index contributed by atoms with van der Waals surface area (Å²) in [5, 5.41) is 31.1. The summed E-state index contributed by atoms with van der Waals surface area (Å²) in [6, 6.07) is 0. The molecule has 0 unspecified atom stereocenters. The Morgan fingerprint density at radius 2 is 1.52 bits per heavy atom. The average Bonchev–Trinajstić information content (AvgIpc) is 3.25. The van der Waals surface area contributed by atoms with Gasteiger partial charge in [-0.05, 0) is 31.1 Å². The van der Waals surface area contributed by atoms with E-state index in [4.69, 9.17) is 19.3 Å². The molecule has 0 aliphatic heterocycles. The molecule has 0 heterocycles. The Balaban J connectivity index is 2.47. The van der Waals surface area contributed by atoms with E-state index in [2.05, 4.69) is 25.3 Å². The van der Waals surface area contributed by atoms with Gasteiger partial charge < -0.3 is 34.6 Å². The minimum atomic E-state index is -4.82. The molecule has 1 fully saturated rings. The van der Waals surface area contributed by atoms with Crippen molar-refractivity contribution in [1.29, 1.82) is 0 Å². The molecule has 1 aliphatic rings. The molecule has 0 aromatic carbocycles. The molecule has 0 radical (unpaired) electrons. The van der Waals surface area contributed by atoms with Crippen molar-refractivity contribution in [1.82, 2.24) is 0 Å². The van der Waals surface area contributed by atoms with E-state index in [-0.39, 0.29) is 31.1 Å². The zero-order valence-corrected chi connectivity index (χ0v) is 29.1. The Bertz CT molecular complexity index is 932. The highest BCUT2D eigenvalue weighted by Crippen LogP contribution is 2.37. The van der Waals surface area contributed by atoms with E-state index >= 15 is 0 Å². The lowest BCUT2D eigenvalue weighted by Crippen LogP contribution is -2.29.